The molecule has 0 radical (unpaired) electrons. The molecule has 1 fully saturated rings. The van der Waals surface area contributed by atoms with E-state index in [-0.39, 0.29) is 25.4 Å². The number of ether oxygens (including phenoxy) is 3. The summed E-state index contributed by atoms with van der Waals surface area (Å²) in [5.74, 6) is -0.775. The van der Waals surface area contributed by atoms with Gasteiger partial charge in [-0.1, -0.05) is 0 Å². The zero-order valence-electron chi connectivity index (χ0n) is 12.4. The lowest BCUT2D eigenvalue weighted by molar-refractivity contribution is -0.258. The van der Waals surface area contributed by atoms with Gasteiger partial charge in [-0.05, 0) is 13.3 Å². The van der Waals surface area contributed by atoms with E-state index in [1.807, 2.05) is 0 Å². The van der Waals surface area contributed by atoms with Crippen LogP contribution in [0.4, 0.5) is 0 Å². The third-order valence-corrected chi connectivity index (χ3v) is 3.24. The lowest BCUT2D eigenvalue weighted by Gasteiger charge is -2.42. The van der Waals surface area contributed by atoms with Crippen molar-refractivity contribution in [3.63, 3.8) is 0 Å². The van der Waals surface area contributed by atoms with Crippen LogP contribution in [0.2, 0.25) is 0 Å². The smallest absolute Gasteiger partial charge is 0.305 e. The number of aliphatic hydroxyl groups excluding tert-OH is 2. The molecule has 5 atom stereocenters. The van der Waals surface area contributed by atoms with Crippen molar-refractivity contribution in [2.75, 3.05) is 13.7 Å². The molecule has 21 heavy (non-hydrogen) atoms. The van der Waals surface area contributed by atoms with Crippen molar-refractivity contribution in [3.8, 4) is 0 Å². The topological polar surface area (TPSA) is 114 Å². The Labute approximate surface area is 123 Å². The van der Waals surface area contributed by atoms with Crippen LogP contribution in [0.3, 0.4) is 0 Å². The Morgan fingerprint density at radius 2 is 1.95 bits per heavy atom. The van der Waals surface area contributed by atoms with Crippen molar-refractivity contribution in [3.05, 3.63) is 0 Å². The molecule has 3 N–H and O–H groups in total. The first-order valence-corrected chi connectivity index (χ1v) is 6.87. The first-order chi connectivity index (χ1) is 9.90. The van der Waals surface area contributed by atoms with E-state index in [1.165, 1.54) is 14.0 Å². The first kappa shape index (κ1) is 17.8. The molecular formula is C13H23NO7. The Kier molecular flexibility index (Phi) is 7.03. The third-order valence-electron chi connectivity index (χ3n) is 3.24. The number of hydrogen-bond donors (Lipinski definition) is 3. The van der Waals surface area contributed by atoms with Gasteiger partial charge in [-0.3, -0.25) is 9.59 Å². The van der Waals surface area contributed by atoms with Crippen LogP contribution in [-0.2, 0) is 23.8 Å². The van der Waals surface area contributed by atoms with Crippen LogP contribution in [0.1, 0.15) is 26.7 Å². The summed E-state index contributed by atoms with van der Waals surface area (Å²) in [6, 6.07) is -0.874. The SMILES string of the molecule is CCOC(=O)CC[C@H]1O[C@H](OC)[C@H](NC(C)=O)[C@@H](O)[C@H]1O. The van der Waals surface area contributed by atoms with Gasteiger partial charge >= 0.3 is 5.97 Å². The summed E-state index contributed by atoms with van der Waals surface area (Å²) in [6.45, 7) is 3.27. The number of methoxy groups -OCH3 is 1. The Hall–Kier alpha value is -1.22. The van der Waals surface area contributed by atoms with Gasteiger partial charge in [-0.25, -0.2) is 0 Å². The molecule has 1 amide bonds. The minimum atomic E-state index is -1.25. The van der Waals surface area contributed by atoms with Crippen LogP contribution < -0.4 is 5.32 Å². The maximum absolute atomic E-state index is 11.3. The summed E-state index contributed by atoms with van der Waals surface area (Å²) in [7, 11) is 1.37. The molecule has 8 heteroatoms. The van der Waals surface area contributed by atoms with Gasteiger partial charge in [-0.15, -0.1) is 0 Å². The summed E-state index contributed by atoms with van der Waals surface area (Å²) in [5, 5.41) is 22.6. The molecule has 0 aromatic heterocycles. The van der Waals surface area contributed by atoms with Crippen molar-refractivity contribution in [2.45, 2.75) is 57.3 Å². The highest BCUT2D eigenvalue weighted by Crippen LogP contribution is 2.24. The van der Waals surface area contributed by atoms with Gasteiger partial charge < -0.3 is 29.7 Å². The van der Waals surface area contributed by atoms with Crippen molar-refractivity contribution >= 4 is 11.9 Å². The van der Waals surface area contributed by atoms with E-state index in [4.69, 9.17) is 14.2 Å². The lowest BCUT2D eigenvalue weighted by atomic mass is 9.94. The molecular weight excluding hydrogens is 282 g/mol. The predicted octanol–water partition coefficient (Wildman–Crippen LogP) is -1.07. The highest BCUT2D eigenvalue weighted by molar-refractivity contribution is 5.73. The van der Waals surface area contributed by atoms with Gasteiger partial charge in [0.15, 0.2) is 6.29 Å². The average Bonchev–Trinajstić information content (AvgIpc) is 2.43. The second-order valence-corrected chi connectivity index (χ2v) is 4.83. The Bertz CT molecular complexity index is 360. The standard InChI is InChI=1S/C13H23NO7/c1-4-20-9(16)6-5-8-11(17)12(18)10(14-7(2)15)13(19-3)21-8/h8,10-13,17-18H,4-6H2,1-3H3,(H,14,15)/t8-,10-,11+,12-,13+/m1/s1. The van der Waals surface area contributed by atoms with Crippen LogP contribution in [0.5, 0.6) is 0 Å². The largest absolute Gasteiger partial charge is 0.466 e. The number of carbonyl (C=O) groups is 2. The number of nitrogens with one attached hydrogen (secondary N) is 1. The molecule has 0 saturated carbocycles. The summed E-state index contributed by atoms with van der Waals surface area (Å²) < 4.78 is 15.4. The molecule has 8 nitrogen and oxygen atoms in total. The number of carbonyl (C=O) groups excluding carboxylic acids is 2. The molecule has 1 saturated heterocycles. The van der Waals surface area contributed by atoms with Crippen LogP contribution in [-0.4, -0.2) is 66.4 Å². The number of hydrogen-bond acceptors (Lipinski definition) is 7. The Morgan fingerprint density at radius 3 is 2.48 bits per heavy atom. The molecule has 0 bridgehead atoms. The van der Waals surface area contributed by atoms with Gasteiger partial charge in [-0.2, -0.15) is 0 Å². The number of rotatable bonds is 6. The van der Waals surface area contributed by atoms with Gasteiger partial charge in [0.25, 0.3) is 0 Å². The Morgan fingerprint density at radius 1 is 1.29 bits per heavy atom. The lowest BCUT2D eigenvalue weighted by Crippen LogP contribution is -2.63. The summed E-state index contributed by atoms with van der Waals surface area (Å²) in [5.41, 5.74) is 0. The predicted molar refractivity (Wildman–Crippen MR) is 71.2 cm³/mol. The van der Waals surface area contributed by atoms with Gasteiger partial charge in [0.2, 0.25) is 5.91 Å². The molecule has 0 spiro atoms. The number of esters is 1. The van der Waals surface area contributed by atoms with Crippen LogP contribution >= 0.6 is 0 Å². The summed E-state index contributed by atoms with van der Waals surface area (Å²) in [4.78, 5) is 22.4. The second kappa shape index (κ2) is 8.28. The zero-order valence-corrected chi connectivity index (χ0v) is 12.4. The first-order valence-electron chi connectivity index (χ1n) is 6.87. The number of aliphatic hydroxyl groups is 2. The molecule has 0 aromatic rings. The third kappa shape index (κ3) is 4.92. The van der Waals surface area contributed by atoms with E-state index in [2.05, 4.69) is 5.32 Å². The molecule has 0 aromatic carbocycles. The van der Waals surface area contributed by atoms with Crippen molar-refractivity contribution in [1.29, 1.82) is 0 Å². The maximum atomic E-state index is 11.3. The minimum Gasteiger partial charge on any atom is -0.466 e. The van der Waals surface area contributed by atoms with Gasteiger partial charge in [0.1, 0.15) is 18.2 Å². The zero-order chi connectivity index (χ0) is 16.0. The van der Waals surface area contributed by atoms with E-state index in [0.717, 1.165) is 0 Å². The van der Waals surface area contributed by atoms with Gasteiger partial charge in [0.05, 0.1) is 12.7 Å². The molecule has 122 valence electrons. The molecule has 0 unspecified atom stereocenters. The molecule has 0 aliphatic carbocycles. The summed E-state index contributed by atoms with van der Waals surface area (Å²) >= 11 is 0. The van der Waals surface area contributed by atoms with E-state index in [0.29, 0.717) is 0 Å². The van der Waals surface area contributed by atoms with E-state index in [1.54, 1.807) is 6.92 Å². The molecule has 1 rings (SSSR count). The van der Waals surface area contributed by atoms with E-state index < -0.39 is 36.6 Å². The van der Waals surface area contributed by atoms with Crippen LogP contribution in [0, 0.1) is 0 Å². The van der Waals surface area contributed by atoms with Crippen molar-refractivity contribution in [1.82, 2.24) is 5.32 Å². The normalized spacial score (nSPS) is 32.5. The highest BCUT2D eigenvalue weighted by Gasteiger charge is 2.45. The van der Waals surface area contributed by atoms with Crippen molar-refractivity contribution < 1.29 is 34.0 Å². The molecule has 1 aliphatic heterocycles. The minimum absolute atomic E-state index is 0.0591. The quantitative estimate of drug-likeness (QED) is 0.535. The average molecular weight is 305 g/mol. The highest BCUT2D eigenvalue weighted by atomic mass is 16.7. The van der Waals surface area contributed by atoms with E-state index >= 15 is 0 Å². The van der Waals surface area contributed by atoms with Crippen LogP contribution in [0.25, 0.3) is 0 Å². The Balaban J connectivity index is 2.65. The van der Waals surface area contributed by atoms with Crippen molar-refractivity contribution in [2.24, 2.45) is 0 Å². The summed E-state index contributed by atoms with van der Waals surface area (Å²) in [6.07, 6.45) is -3.92. The monoisotopic (exact) mass is 305 g/mol. The fourth-order valence-corrected chi connectivity index (χ4v) is 2.25. The fourth-order valence-electron chi connectivity index (χ4n) is 2.25. The second-order valence-electron chi connectivity index (χ2n) is 4.83. The number of amides is 1. The van der Waals surface area contributed by atoms with Gasteiger partial charge in [0, 0.05) is 20.5 Å². The fraction of sp³-hybridized carbons (Fsp3) is 0.846. The van der Waals surface area contributed by atoms with E-state index in [9.17, 15) is 19.8 Å². The molecule has 1 heterocycles. The molecule has 1 aliphatic rings. The maximum Gasteiger partial charge on any atom is 0.305 e. The van der Waals surface area contributed by atoms with Crippen LogP contribution in [0.15, 0.2) is 0 Å².